The average Bonchev–Trinajstić information content (AvgIpc) is 2.55. The molecule has 1 fully saturated rings. The Kier molecular flexibility index (Phi) is 5.30. The lowest BCUT2D eigenvalue weighted by molar-refractivity contribution is -0.149. The number of amides is 2. The maximum atomic E-state index is 12.8. The van der Waals surface area contributed by atoms with Gasteiger partial charge in [-0.15, -0.1) is 0 Å². The first-order valence-electron chi connectivity index (χ1n) is 7.04. The summed E-state index contributed by atoms with van der Waals surface area (Å²) in [6.45, 7) is 1.27. The molecule has 0 radical (unpaired) electrons. The Morgan fingerprint density at radius 2 is 2.14 bits per heavy atom. The standard InChI is InChI=1S/C15H21N3O3/c1-17-14(19)13-10-21-8-7-18(13)15(20)12(9-16)11-5-3-2-4-6-11/h2-6,12-13H,7-10,16H2,1H3,(H,17,19). The van der Waals surface area contributed by atoms with Gasteiger partial charge in [0.2, 0.25) is 11.8 Å². The van der Waals surface area contributed by atoms with Crippen molar-refractivity contribution in [1.82, 2.24) is 10.2 Å². The molecular weight excluding hydrogens is 270 g/mol. The zero-order valence-electron chi connectivity index (χ0n) is 12.1. The van der Waals surface area contributed by atoms with E-state index < -0.39 is 12.0 Å². The van der Waals surface area contributed by atoms with E-state index in [0.29, 0.717) is 13.2 Å². The first-order chi connectivity index (χ1) is 10.2. The van der Waals surface area contributed by atoms with Crippen LogP contribution in [0.15, 0.2) is 30.3 Å². The van der Waals surface area contributed by atoms with Crippen LogP contribution in [-0.4, -0.2) is 56.1 Å². The molecule has 0 spiro atoms. The number of rotatable bonds is 4. The molecular formula is C15H21N3O3. The van der Waals surface area contributed by atoms with Gasteiger partial charge in [-0.05, 0) is 5.56 Å². The van der Waals surface area contributed by atoms with Crippen molar-refractivity contribution >= 4 is 11.8 Å². The number of nitrogens with zero attached hydrogens (tertiary/aromatic N) is 1. The largest absolute Gasteiger partial charge is 0.377 e. The summed E-state index contributed by atoms with van der Waals surface area (Å²) in [7, 11) is 1.55. The minimum absolute atomic E-state index is 0.124. The van der Waals surface area contributed by atoms with E-state index in [2.05, 4.69) is 5.32 Å². The molecule has 2 unspecified atom stereocenters. The van der Waals surface area contributed by atoms with Gasteiger partial charge < -0.3 is 20.7 Å². The second kappa shape index (κ2) is 7.19. The van der Waals surface area contributed by atoms with E-state index >= 15 is 0 Å². The van der Waals surface area contributed by atoms with E-state index in [9.17, 15) is 9.59 Å². The van der Waals surface area contributed by atoms with Crippen LogP contribution in [0.5, 0.6) is 0 Å². The van der Waals surface area contributed by atoms with Crippen molar-refractivity contribution in [2.24, 2.45) is 5.73 Å². The van der Waals surface area contributed by atoms with Gasteiger partial charge in [-0.1, -0.05) is 30.3 Å². The van der Waals surface area contributed by atoms with Crippen molar-refractivity contribution in [2.75, 3.05) is 33.4 Å². The number of nitrogens with two attached hydrogens (primary N) is 1. The third kappa shape index (κ3) is 3.40. The quantitative estimate of drug-likeness (QED) is 0.798. The van der Waals surface area contributed by atoms with Crippen molar-refractivity contribution in [3.05, 3.63) is 35.9 Å². The first kappa shape index (κ1) is 15.5. The molecule has 0 aromatic heterocycles. The summed E-state index contributed by atoms with van der Waals surface area (Å²) in [6, 6.07) is 8.81. The fraction of sp³-hybridized carbons (Fsp3) is 0.467. The number of morpholine rings is 1. The Morgan fingerprint density at radius 3 is 2.76 bits per heavy atom. The highest BCUT2D eigenvalue weighted by Crippen LogP contribution is 2.20. The van der Waals surface area contributed by atoms with Crippen LogP contribution in [0.2, 0.25) is 0 Å². The number of hydrogen-bond acceptors (Lipinski definition) is 4. The molecule has 0 bridgehead atoms. The van der Waals surface area contributed by atoms with Gasteiger partial charge >= 0.3 is 0 Å². The van der Waals surface area contributed by atoms with Gasteiger partial charge in [0.1, 0.15) is 6.04 Å². The van der Waals surface area contributed by atoms with Crippen molar-refractivity contribution < 1.29 is 14.3 Å². The molecule has 1 aromatic rings. The van der Waals surface area contributed by atoms with Gasteiger partial charge in [0.05, 0.1) is 19.1 Å². The lowest BCUT2D eigenvalue weighted by atomic mass is 9.96. The summed E-state index contributed by atoms with van der Waals surface area (Å²) in [5.41, 5.74) is 6.65. The topological polar surface area (TPSA) is 84.7 Å². The Balaban J connectivity index is 2.21. The molecule has 114 valence electrons. The van der Waals surface area contributed by atoms with E-state index in [0.717, 1.165) is 5.56 Å². The molecule has 1 aliphatic rings. The first-order valence-corrected chi connectivity index (χ1v) is 7.04. The van der Waals surface area contributed by atoms with E-state index in [1.807, 2.05) is 30.3 Å². The molecule has 0 saturated carbocycles. The van der Waals surface area contributed by atoms with E-state index in [1.165, 1.54) is 0 Å². The van der Waals surface area contributed by atoms with Crippen LogP contribution in [0.3, 0.4) is 0 Å². The molecule has 6 nitrogen and oxygen atoms in total. The molecule has 2 atom stereocenters. The zero-order chi connectivity index (χ0) is 15.2. The summed E-state index contributed by atoms with van der Waals surface area (Å²) in [4.78, 5) is 26.3. The molecule has 1 aromatic carbocycles. The summed E-state index contributed by atoms with van der Waals surface area (Å²) in [6.07, 6.45) is 0. The highest BCUT2D eigenvalue weighted by Gasteiger charge is 2.35. The number of nitrogens with one attached hydrogen (secondary N) is 1. The maximum Gasteiger partial charge on any atom is 0.244 e. The van der Waals surface area contributed by atoms with Crippen molar-refractivity contribution in [3.63, 3.8) is 0 Å². The fourth-order valence-electron chi connectivity index (χ4n) is 2.52. The van der Waals surface area contributed by atoms with Gasteiger partial charge in [0.25, 0.3) is 0 Å². The number of benzene rings is 1. The second-order valence-electron chi connectivity index (χ2n) is 4.94. The van der Waals surface area contributed by atoms with Crippen molar-refractivity contribution in [2.45, 2.75) is 12.0 Å². The third-order valence-electron chi connectivity index (χ3n) is 3.70. The predicted octanol–water partition coefficient (Wildman–Crippen LogP) is -0.298. The molecule has 0 aliphatic carbocycles. The summed E-state index contributed by atoms with van der Waals surface area (Å²) < 4.78 is 5.32. The molecule has 1 saturated heterocycles. The van der Waals surface area contributed by atoms with Crippen LogP contribution < -0.4 is 11.1 Å². The lowest BCUT2D eigenvalue weighted by Gasteiger charge is -2.36. The normalized spacial score (nSPS) is 19.9. The number of likely N-dealkylation sites (N-methyl/N-ethyl adjacent to an activating group) is 1. The minimum Gasteiger partial charge on any atom is -0.377 e. The molecule has 2 rings (SSSR count). The smallest absolute Gasteiger partial charge is 0.244 e. The van der Waals surface area contributed by atoms with Crippen molar-refractivity contribution in [1.29, 1.82) is 0 Å². The SMILES string of the molecule is CNC(=O)C1COCCN1C(=O)C(CN)c1ccccc1. The van der Waals surface area contributed by atoms with Crippen LogP contribution in [0.1, 0.15) is 11.5 Å². The van der Waals surface area contributed by atoms with Crippen LogP contribution in [0.25, 0.3) is 0 Å². The summed E-state index contributed by atoms with van der Waals surface area (Å²) in [5, 5.41) is 2.57. The lowest BCUT2D eigenvalue weighted by Crippen LogP contribution is -2.56. The molecule has 1 aliphatic heterocycles. The Hall–Kier alpha value is -1.92. The number of carbonyl (C=O) groups excluding carboxylic acids is 2. The van der Waals surface area contributed by atoms with Crippen LogP contribution in [-0.2, 0) is 14.3 Å². The summed E-state index contributed by atoms with van der Waals surface area (Å²) in [5.74, 6) is -0.774. The molecule has 3 N–H and O–H groups in total. The number of ether oxygens (including phenoxy) is 1. The second-order valence-corrected chi connectivity index (χ2v) is 4.94. The fourth-order valence-corrected chi connectivity index (χ4v) is 2.52. The molecule has 6 heteroatoms. The Bertz CT molecular complexity index is 492. The van der Waals surface area contributed by atoms with Crippen LogP contribution in [0.4, 0.5) is 0 Å². The van der Waals surface area contributed by atoms with Gasteiger partial charge in [-0.3, -0.25) is 9.59 Å². The monoisotopic (exact) mass is 291 g/mol. The van der Waals surface area contributed by atoms with E-state index in [-0.39, 0.29) is 25.0 Å². The highest BCUT2D eigenvalue weighted by atomic mass is 16.5. The maximum absolute atomic E-state index is 12.8. The van der Waals surface area contributed by atoms with E-state index in [4.69, 9.17) is 10.5 Å². The van der Waals surface area contributed by atoms with Crippen molar-refractivity contribution in [3.8, 4) is 0 Å². The number of hydrogen-bond donors (Lipinski definition) is 2. The summed E-state index contributed by atoms with van der Waals surface area (Å²) >= 11 is 0. The minimum atomic E-state index is -0.589. The van der Waals surface area contributed by atoms with E-state index in [1.54, 1.807) is 11.9 Å². The Morgan fingerprint density at radius 1 is 1.43 bits per heavy atom. The molecule has 21 heavy (non-hydrogen) atoms. The highest BCUT2D eigenvalue weighted by molar-refractivity contribution is 5.91. The molecule has 2 amide bonds. The van der Waals surface area contributed by atoms with Crippen LogP contribution >= 0.6 is 0 Å². The Labute approximate surface area is 124 Å². The molecule has 1 heterocycles. The van der Waals surface area contributed by atoms with Gasteiger partial charge in [-0.25, -0.2) is 0 Å². The van der Waals surface area contributed by atoms with Gasteiger partial charge in [-0.2, -0.15) is 0 Å². The average molecular weight is 291 g/mol. The predicted molar refractivity (Wildman–Crippen MR) is 78.6 cm³/mol. The van der Waals surface area contributed by atoms with Crippen LogP contribution in [0, 0.1) is 0 Å². The third-order valence-corrected chi connectivity index (χ3v) is 3.70. The number of carbonyl (C=O) groups is 2. The zero-order valence-corrected chi connectivity index (χ0v) is 12.1. The van der Waals surface area contributed by atoms with Gasteiger partial charge in [0, 0.05) is 20.1 Å². The van der Waals surface area contributed by atoms with Gasteiger partial charge in [0.15, 0.2) is 0 Å².